The Balaban J connectivity index is 1.76. The number of hydrogen-bond acceptors (Lipinski definition) is 4. The number of aryl methyl sites for hydroxylation is 1. The van der Waals surface area contributed by atoms with Crippen molar-refractivity contribution in [3.63, 3.8) is 0 Å². The van der Waals surface area contributed by atoms with E-state index >= 15 is 0 Å². The summed E-state index contributed by atoms with van der Waals surface area (Å²) in [7, 11) is 0. The Bertz CT molecular complexity index is 472. The molecule has 1 aromatic carbocycles. The Morgan fingerprint density at radius 2 is 2.17 bits per heavy atom. The van der Waals surface area contributed by atoms with Gasteiger partial charge in [0.1, 0.15) is 29.7 Å². The molecule has 4 nitrogen and oxygen atoms in total. The Morgan fingerprint density at radius 1 is 1.28 bits per heavy atom. The summed E-state index contributed by atoms with van der Waals surface area (Å²) in [6.45, 7) is 3.25. The Kier molecular flexibility index (Phi) is 4.36. The smallest absolute Gasteiger partial charge is 0.134 e. The number of rotatable bonds is 5. The normalized spacial score (nSPS) is 10.1. The SMILES string of the molecule is Cc1cccc(OCCNc2cc(Cl)ncn2)c1. The highest BCUT2D eigenvalue weighted by atomic mass is 35.5. The molecule has 5 heteroatoms. The van der Waals surface area contributed by atoms with Crippen LogP contribution in [-0.4, -0.2) is 23.1 Å². The summed E-state index contributed by atoms with van der Waals surface area (Å²) in [4.78, 5) is 7.84. The first kappa shape index (κ1) is 12.6. The summed E-state index contributed by atoms with van der Waals surface area (Å²) in [5, 5.41) is 3.53. The molecule has 18 heavy (non-hydrogen) atoms. The number of aromatic nitrogens is 2. The number of nitrogens with zero attached hydrogens (tertiary/aromatic N) is 2. The number of hydrogen-bond donors (Lipinski definition) is 1. The van der Waals surface area contributed by atoms with Crippen LogP contribution in [0.5, 0.6) is 5.75 Å². The van der Waals surface area contributed by atoms with Gasteiger partial charge in [0.25, 0.3) is 0 Å². The number of nitrogens with one attached hydrogen (secondary N) is 1. The molecule has 0 atom stereocenters. The number of ether oxygens (including phenoxy) is 1. The van der Waals surface area contributed by atoms with Crippen LogP contribution < -0.4 is 10.1 Å². The minimum absolute atomic E-state index is 0.423. The van der Waals surface area contributed by atoms with Gasteiger partial charge in [-0.15, -0.1) is 0 Å². The van der Waals surface area contributed by atoms with Crippen molar-refractivity contribution in [1.29, 1.82) is 0 Å². The van der Waals surface area contributed by atoms with Crippen LogP contribution >= 0.6 is 11.6 Å². The second-order valence-electron chi connectivity index (χ2n) is 3.82. The molecule has 0 fully saturated rings. The van der Waals surface area contributed by atoms with E-state index in [1.807, 2.05) is 31.2 Å². The molecule has 0 unspecified atom stereocenters. The van der Waals surface area contributed by atoms with E-state index in [2.05, 4.69) is 15.3 Å². The molecule has 0 saturated carbocycles. The first-order valence-corrected chi connectivity index (χ1v) is 6.03. The maximum absolute atomic E-state index is 5.75. The maximum Gasteiger partial charge on any atom is 0.134 e. The van der Waals surface area contributed by atoms with Gasteiger partial charge >= 0.3 is 0 Å². The van der Waals surface area contributed by atoms with Gasteiger partial charge < -0.3 is 10.1 Å². The van der Waals surface area contributed by atoms with Crippen molar-refractivity contribution in [3.05, 3.63) is 47.4 Å². The zero-order valence-electron chi connectivity index (χ0n) is 10.1. The lowest BCUT2D eigenvalue weighted by Gasteiger charge is -2.08. The van der Waals surface area contributed by atoms with Crippen molar-refractivity contribution in [2.75, 3.05) is 18.5 Å². The molecule has 94 valence electrons. The third kappa shape index (κ3) is 3.89. The summed E-state index contributed by atoms with van der Waals surface area (Å²) < 4.78 is 5.60. The van der Waals surface area contributed by atoms with E-state index in [1.54, 1.807) is 6.07 Å². The molecule has 0 saturated heterocycles. The first-order valence-electron chi connectivity index (χ1n) is 5.65. The lowest BCUT2D eigenvalue weighted by Crippen LogP contribution is -2.12. The molecule has 2 aromatic rings. The van der Waals surface area contributed by atoms with Crippen molar-refractivity contribution < 1.29 is 4.74 Å². The van der Waals surface area contributed by atoms with E-state index in [-0.39, 0.29) is 0 Å². The molecule has 0 aliphatic rings. The molecular formula is C13H14ClN3O. The molecular weight excluding hydrogens is 250 g/mol. The van der Waals surface area contributed by atoms with Gasteiger partial charge in [-0.3, -0.25) is 0 Å². The Morgan fingerprint density at radius 3 is 2.94 bits per heavy atom. The van der Waals surface area contributed by atoms with Crippen LogP contribution in [0.15, 0.2) is 36.7 Å². The largest absolute Gasteiger partial charge is 0.492 e. The van der Waals surface area contributed by atoms with Crippen molar-refractivity contribution in [2.24, 2.45) is 0 Å². The van der Waals surface area contributed by atoms with Crippen molar-refractivity contribution >= 4 is 17.4 Å². The van der Waals surface area contributed by atoms with Gasteiger partial charge in [-0.1, -0.05) is 23.7 Å². The molecule has 0 amide bonds. The third-order valence-corrected chi connectivity index (χ3v) is 2.51. The minimum Gasteiger partial charge on any atom is -0.492 e. The molecule has 1 N–H and O–H groups in total. The highest BCUT2D eigenvalue weighted by molar-refractivity contribution is 6.29. The van der Waals surface area contributed by atoms with Crippen molar-refractivity contribution in [3.8, 4) is 5.75 Å². The predicted octanol–water partition coefficient (Wildman–Crippen LogP) is 2.93. The highest BCUT2D eigenvalue weighted by Gasteiger charge is 1.97. The van der Waals surface area contributed by atoms with Gasteiger partial charge in [0, 0.05) is 6.07 Å². The number of anilines is 1. The third-order valence-electron chi connectivity index (χ3n) is 2.30. The summed E-state index contributed by atoms with van der Waals surface area (Å²) in [5.41, 5.74) is 1.18. The predicted molar refractivity (Wildman–Crippen MR) is 72.2 cm³/mol. The average Bonchev–Trinajstić information content (AvgIpc) is 2.35. The number of benzene rings is 1. The maximum atomic E-state index is 5.75. The summed E-state index contributed by atoms with van der Waals surface area (Å²) in [5.74, 6) is 1.57. The van der Waals surface area contributed by atoms with Crippen LogP contribution in [0.2, 0.25) is 5.15 Å². The highest BCUT2D eigenvalue weighted by Crippen LogP contribution is 2.12. The van der Waals surface area contributed by atoms with Crippen LogP contribution in [0.1, 0.15) is 5.56 Å². The lowest BCUT2D eigenvalue weighted by molar-refractivity contribution is 0.332. The second-order valence-corrected chi connectivity index (χ2v) is 4.20. The van der Waals surface area contributed by atoms with Gasteiger partial charge in [0.15, 0.2) is 0 Å². The second kappa shape index (κ2) is 6.21. The average molecular weight is 264 g/mol. The summed E-state index contributed by atoms with van der Waals surface area (Å²) in [6, 6.07) is 9.63. The van der Waals surface area contributed by atoms with E-state index in [0.717, 1.165) is 5.75 Å². The van der Waals surface area contributed by atoms with E-state index in [9.17, 15) is 0 Å². The van der Waals surface area contributed by atoms with Crippen LogP contribution in [0.3, 0.4) is 0 Å². The van der Waals surface area contributed by atoms with Crippen LogP contribution in [-0.2, 0) is 0 Å². The van der Waals surface area contributed by atoms with E-state index in [0.29, 0.717) is 24.1 Å². The molecule has 0 bridgehead atoms. The Labute approximate surface area is 111 Å². The Hall–Kier alpha value is -1.81. The van der Waals surface area contributed by atoms with Crippen LogP contribution in [0, 0.1) is 6.92 Å². The molecule has 0 aliphatic carbocycles. The van der Waals surface area contributed by atoms with Gasteiger partial charge in [-0.2, -0.15) is 0 Å². The summed E-state index contributed by atoms with van der Waals surface area (Å²) in [6.07, 6.45) is 1.42. The molecule has 2 rings (SSSR count). The van der Waals surface area contributed by atoms with Crippen LogP contribution in [0.25, 0.3) is 0 Å². The molecule has 0 spiro atoms. The molecule has 0 radical (unpaired) electrons. The first-order chi connectivity index (χ1) is 8.74. The molecule has 1 heterocycles. The molecule has 1 aromatic heterocycles. The monoisotopic (exact) mass is 263 g/mol. The molecule has 0 aliphatic heterocycles. The quantitative estimate of drug-likeness (QED) is 0.666. The zero-order chi connectivity index (χ0) is 12.8. The number of halogens is 1. The fourth-order valence-electron chi connectivity index (χ4n) is 1.48. The van der Waals surface area contributed by atoms with Gasteiger partial charge in [-0.05, 0) is 24.6 Å². The van der Waals surface area contributed by atoms with E-state index in [1.165, 1.54) is 11.9 Å². The van der Waals surface area contributed by atoms with Crippen LogP contribution in [0.4, 0.5) is 5.82 Å². The van der Waals surface area contributed by atoms with Gasteiger partial charge in [0.2, 0.25) is 0 Å². The fourth-order valence-corrected chi connectivity index (χ4v) is 1.63. The van der Waals surface area contributed by atoms with Crippen molar-refractivity contribution in [1.82, 2.24) is 9.97 Å². The standard InChI is InChI=1S/C13H14ClN3O/c1-10-3-2-4-11(7-10)18-6-5-15-13-8-12(14)16-9-17-13/h2-4,7-9H,5-6H2,1H3,(H,15,16,17). The minimum atomic E-state index is 0.423. The van der Waals surface area contributed by atoms with Gasteiger partial charge in [-0.25, -0.2) is 9.97 Å². The van der Waals surface area contributed by atoms with E-state index in [4.69, 9.17) is 16.3 Å². The van der Waals surface area contributed by atoms with Crippen molar-refractivity contribution in [2.45, 2.75) is 6.92 Å². The van der Waals surface area contributed by atoms with E-state index < -0.39 is 0 Å². The fraction of sp³-hybridized carbons (Fsp3) is 0.231. The zero-order valence-corrected chi connectivity index (χ0v) is 10.8. The summed E-state index contributed by atoms with van der Waals surface area (Å²) >= 11 is 5.75. The van der Waals surface area contributed by atoms with Gasteiger partial charge in [0.05, 0.1) is 6.54 Å². The lowest BCUT2D eigenvalue weighted by atomic mass is 10.2. The topological polar surface area (TPSA) is 47.0 Å².